The van der Waals surface area contributed by atoms with Crippen LogP contribution < -0.4 is 15.2 Å². The van der Waals surface area contributed by atoms with E-state index in [0.29, 0.717) is 44.8 Å². The van der Waals surface area contributed by atoms with Crippen molar-refractivity contribution in [2.24, 2.45) is 0 Å². The largest absolute Gasteiger partial charge is 0.497 e. The molecule has 0 aliphatic carbocycles. The average Bonchev–Trinajstić information content (AvgIpc) is 3.33. The van der Waals surface area contributed by atoms with E-state index in [-0.39, 0.29) is 22.8 Å². The fraction of sp³-hybridized carbons (Fsp3) is 0.0667. The number of ether oxygens (including phenoxy) is 2. The predicted octanol–water partition coefficient (Wildman–Crippen LogP) is 6.14. The Morgan fingerprint density at radius 2 is 1.58 bits per heavy atom. The zero-order valence-electron chi connectivity index (χ0n) is 20.6. The summed E-state index contributed by atoms with van der Waals surface area (Å²) < 4.78 is 13.2. The molecule has 0 aliphatic rings. The third kappa shape index (κ3) is 3.52. The summed E-state index contributed by atoms with van der Waals surface area (Å²) in [5.41, 5.74) is 11.2. The second-order valence-electron chi connectivity index (χ2n) is 8.81. The zero-order chi connectivity index (χ0) is 26.4. The van der Waals surface area contributed by atoms with E-state index in [1.54, 1.807) is 35.8 Å². The van der Waals surface area contributed by atoms with Crippen LogP contribution in [0.25, 0.3) is 38.7 Å². The van der Waals surface area contributed by atoms with Gasteiger partial charge >= 0.3 is 0 Å². The molecule has 6 rings (SSSR count). The molecule has 38 heavy (non-hydrogen) atoms. The van der Waals surface area contributed by atoms with Crippen LogP contribution >= 0.6 is 0 Å². The molecule has 0 fully saturated rings. The molecule has 3 aromatic carbocycles. The molecular weight excluding hydrogens is 476 g/mol. The van der Waals surface area contributed by atoms with E-state index in [4.69, 9.17) is 25.2 Å². The number of para-hydroxylation sites is 2. The van der Waals surface area contributed by atoms with Gasteiger partial charge in [-0.15, -0.1) is 0 Å². The molecule has 0 saturated heterocycles. The first-order valence-electron chi connectivity index (χ1n) is 11.8. The van der Waals surface area contributed by atoms with Gasteiger partial charge < -0.3 is 15.2 Å². The first kappa shape index (κ1) is 22.8. The van der Waals surface area contributed by atoms with Gasteiger partial charge in [-0.3, -0.25) is 4.40 Å². The summed E-state index contributed by atoms with van der Waals surface area (Å²) in [4.78, 5) is 9.49. The third-order valence-corrected chi connectivity index (χ3v) is 6.48. The van der Waals surface area contributed by atoms with Gasteiger partial charge in [-0.1, -0.05) is 23.8 Å². The Hall–Kier alpha value is -5.60. The maximum Gasteiger partial charge on any atom is 0.227 e. The normalized spacial score (nSPS) is 10.9. The van der Waals surface area contributed by atoms with Gasteiger partial charge in [-0.05, 0) is 61.5 Å². The van der Waals surface area contributed by atoms with E-state index in [2.05, 4.69) is 12.1 Å². The number of nitrogen functional groups attached to an aromatic ring is 1. The van der Waals surface area contributed by atoms with Crippen molar-refractivity contribution in [1.29, 1.82) is 10.5 Å². The molecule has 0 saturated carbocycles. The minimum absolute atomic E-state index is 0.144. The van der Waals surface area contributed by atoms with Crippen molar-refractivity contribution in [3.8, 4) is 40.6 Å². The van der Waals surface area contributed by atoms with Crippen molar-refractivity contribution in [3.63, 3.8) is 0 Å². The number of aromatic nitrogens is 3. The van der Waals surface area contributed by atoms with Crippen molar-refractivity contribution in [3.05, 3.63) is 89.5 Å². The number of anilines is 1. The Kier molecular flexibility index (Phi) is 5.29. The van der Waals surface area contributed by atoms with Crippen LogP contribution in [0.4, 0.5) is 5.82 Å². The highest BCUT2D eigenvalue weighted by molar-refractivity contribution is 5.96. The van der Waals surface area contributed by atoms with Gasteiger partial charge in [0.15, 0.2) is 5.65 Å². The highest BCUT2D eigenvalue weighted by Gasteiger charge is 2.26. The summed E-state index contributed by atoms with van der Waals surface area (Å²) in [7, 11) is 1.59. The minimum atomic E-state index is 0.144. The molecule has 0 unspecified atom stereocenters. The van der Waals surface area contributed by atoms with Crippen molar-refractivity contribution >= 4 is 33.4 Å². The highest BCUT2D eigenvalue weighted by Crippen LogP contribution is 2.42. The maximum atomic E-state index is 10.4. The number of fused-ring (bicyclic) bond motifs is 4. The molecule has 6 aromatic rings. The van der Waals surface area contributed by atoms with E-state index in [1.807, 2.05) is 55.5 Å². The number of methoxy groups -OCH3 is 1. The van der Waals surface area contributed by atoms with Gasteiger partial charge in [0.25, 0.3) is 0 Å². The number of benzene rings is 3. The molecule has 0 radical (unpaired) electrons. The summed E-state index contributed by atoms with van der Waals surface area (Å²) in [5.74, 6) is 1.62. The minimum Gasteiger partial charge on any atom is -0.497 e. The number of hydrogen-bond donors (Lipinski definition) is 1. The molecule has 3 aromatic heterocycles. The number of hydrogen-bond acceptors (Lipinski definition) is 7. The lowest BCUT2D eigenvalue weighted by Crippen LogP contribution is -2.06. The van der Waals surface area contributed by atoms with Crippen LogP contribution in [-0.2, 0) is 0 Å². The van der Waals surface area contributed by atoms with Crippen molar-refractivity contribution < 1.29 is 9.47 Å². The summed E-state index contributed by atoms with van der Waals surface area (Å²) in [5, 5.41) is 21.5. The molecule has 2 N–H and O–H groups in total. The van der Waals surface area contributed by atoms with Gasteiger partial charge in [-0.2, -0.15) is 10.5 Å². The Morgan fingerprint density at radius 3 is 2.32 bits per heavy atom. The van der Waals surface area contributed by atoms with E-state index < -0.39 is 0 Å². The molecule has 0 amide bonds. The second kappa shape index (κ2) is 8.81. The number of pyridine rings is 2. The molecule has 3 heterocycles. The summed E-state index contributed by atoms with van der Waals surface area (Å²) in [6, 6.07) is 26.7. The lowest BCUT2D eigenvalue weighted by atomic mass is 9.95. The molecule has 8 heteroatoms. The van der Waals surface area contributed by atoms with Crippen molar-refractivity contribution in [1.82, 2.24) is 14.4 Å². The van der Waals surface area contributed by atoms with Crippen molar-refractivity contribution in [2.75, 3.05) is 12.8 Å². The van der Waals surface area contributed by atoms with Crippen LogP contribution in [0.1, 0.15) is 16.7 Å². The van der Waals surface area contributed by atoms with Gasteiger partial charge in [0, 0.05) is 16.5 Å². The van der Waals surface area contributed by atoms with Crippen LogP contribution in [0.2, 0.25) is 0 Å². The molecule has 0 spiro atoms. The monoisotopic (exact) mass is 496 g/mol. The quantitative estimate of drug-likeness (QED) is 0.311. The van der Waals surface area contributed by atoms with Crippen molar-refractivity contribution in [2.45, 2.75) is 6.92 Å². The summed E-state index contributed by atoms with van der Waals surface area (Å²) in [6.07, 6.45) is 0. The number of nitriles is 2. The smallest absolute Gasteiger partial charge is 0.227 e. The SMILES string of the molecule is COc1ccc(Oc2nc3ccc(C)cc3cc2-c2c(C#N)c(N)n3c(nc4ccccc43)c2C#N)cc1. The molecule has 182 valence electrons. The second-order valence-corrected chi connectivity index (χ2v) is 8.81. The van der Waals surface area contributed by atoms with Gasteiger partial charge in [0.05, 0.1) is 23.7 Å². The highest BCUT2D eigenvalue weighted by atomic mass is 16.5. The third-order valence-electron chi connectivity index (χ3n) is 6.48. The van der Waals surface area contributed by atoms with E-state index in [1.165, 1.54) is 0 Å². The zero-order valence-corrected chi connectivity index (χ0v) is 20.6. The van der Waals surface area contributed by atoms with Gasteiger partial charge in [-0.25, -0.2) is 9.97 Å². The predicted molar refractivity (Wildman–Crippen MR) is 145 cm³/mol. The van der Waals surface area contributed by atoms with Gasteiger partial charge in [0.2, 0.25) is 5.88 Å². The number of rotatable bonds is 4. The maximum absolute atomic E-state index is 10.4. The van der Waals surface area contributed by atoms with E-state index >= 15 is 0 Å². The number of nitrogens with two attached hydrogens (primary N) is 1. The fourth-order valence-corrected chi connectivity index (χ4v) is 4.69. The topological polar surface area (TPSA) is 122 Å². The fourth-order valence-electron chi connectivity index (χ4n) is 4.69. The number of aryl methyl sites for hydroxylation is 1. The molecule has 0 atom stereocenters. The Morgan fingerprint density at radius 1 is 0.842 bits per heavy atom. The lowest BCUT2D eigenvalue weighted by Gasteiger charge is -2.17. The first-order valence-corrected chi connectivity index (χ1v) is 11.8. The number of imidazole rings is 1. The van der Waals surface area contributed by atoms with Gasteiger partial charge in [0.1, 0.15) is 40.6 Å². The average molecular weight is 497 g/mol. The lowest BCUT2D eigenvalue weighted by molar-refractivity contribution is 0.412. The summed E-state index contributed by atoms with van der Waals surface area (Å²) in [6.45, 7) is 1.99. The molecule has 0 bridgehead atoms. The molecule has 8 nitrogen and oxygen atoms in total. The Bertz CT molecular complexity index is 1980. The van der Waals surface area contributed by atoms with Crippen LogP contribution in [-0.4, -0.2) is 21.5 Å². The molecule has 0 aliphatic heterocycles. The van der Waals surface area contributed by atoms with E-state index in [9.17, 15) is 10.5 Å². The standard InChI is InChI=1S/C30H20N6O2/c1-17-7-12-24-18(13-17)14-21(30(35-24)38-20-10-8-19(37-2)9-11-20)27-22(15-31)28(33)36-26-6-4-3-5-25(26)34-29(36)23(27)16-32/h3-14H,33H2,1-2H3. The number of nitrogens with zero attached hydrogens (tertiary/aromatic N) is 5. The van der Waals surface area contributed by atoms with Crippen LogP contribution in [0.15, 0.2) is 72.8 Å². The molecular formula is C30H20N6O2. The Labute approximate surface area is 217 Å². The van der Waals surface area contributed by atoms with Crippen LogP contribution in [0, 0.1) is 29.6 Å². The summed E-state index contributed by atoms with van der Waals surface area (Å²) >= 11 is 0. The Balaban J connectivity index is 1.70. The first-order chi connectivity index (χ1) is 18.5. The van der Waals surface area contributed by atoms with Crippen LogP contribution in [0.3, 0.4) is 0 Å². The van der Waals surface area contributed by atoms with E-state index in [0.717, 1.165) is 10.9 Å². The van der Waals surface area contributed by atoms with Crippen LogP contribution in [0.5, 0.6) is 17.4 Å².